The molecule has 1 aromatic rings. The molecule has 1 rings (SSSR count). The second-order valence-electron chi connectivity index (χ2n) is 3.71. The maximum atomic E-state index is 12.4. The molecule has 106 valence electrons. The zero-order valence-corrected chi connectivity index (χ0v) is 11.0. The molecule has 7 heteroatoms. The molecule has 0 saturated heterocycles. The van der Waals surface area contributed by atoms with Gasteiger partial charge in [0.05, 0.1) is 25.8 Å². The SMILES string of the molecule is COc1cc(Cl)ccc1C(=O)N(CCO)CC(F)F. The van der Waals surface area contributed by atoms with Crippen LogP contribution in [0.25, 0.3) is 0 Å². The van der Waals surface area contributed by atoms with Gasteiger partial charge >= 0.3 is 0 Å². The van der Waals surface area contributed by atoms with Gasteiger partial charge in [-0.05, 0) is 18.2 Å². The van der Waals surface area contributed by atoms with Crippen molar-refractivity contribution in [3.8, 4) is 5.75 Å². The van der Waals surface area contributed by atoms with Gasteiger partial charge in [0.2, 0.25) is 0 Å². The van der Waals surface area contributed by atoms with Gasteiger partial charge in [-0.15, -0.1) is 0 Å². The maximum Gasteiger partial charge on any atom is 0.257 e. The first-order chi connectivity index (χ1) is 8.99. The minimum absolute atomic E-state index is 0.126. The molecule has 1 amide bonds. The Morgan fingerprint density at radius 1 is 1.53 bits per heavy atom. The summed E-state index contributed by atoms with van der Waals surface area (Å²) in [7, 11) is 1.35. The molecule has 0 atom stereocenters. The highest BCUT2D eigenvalue weighted by atomic mass is 35.5. The Balaban J connectivity index is 3.01. The van der Waals surface area contributed by atoms with E-state index >= 15 is 0 Å². The number of aliphatic hydroxyl groups excluding tert-OH is 1. The van der Waals surface area contributed by atoms with E-state index in [1.54, 1.807) is 0 Å². The van der Waals surface area contributed by atoms with Crippen LogP contribution in [0.4, 0.5) is 8.78 Å². The molecule has 0 heterocycles. The molecule has 19 heavy (non-hydrogen) atoms. The van der Waals surface area contributed by atoms with Crippen molar-refractivity contribution in [3.05, 3.63) is 28.8 Å². The van der Waals surface area contributed by atoms with Crippen LogP contribution in [0.1, 0.15) is 10.4 Å². The summed E-state index contributed by atoms with van der Waals surface area (Å²) in [5.41, 5.74) is 0.126. The van der Waals surface area contributed by atoms with Crippen molar-refractivity contribution in [3.63, 3.8) is 0 Å². The van der Waals surface area contributed by atoms with E-state index in [4.69, 9.17) is 21.4 Å². The van der Waals surface area contributed by atoms with Crippen LogP contribution in [0, 0.1) is 0 Å². The number of aliphatic hydroxyl groups is 1. The van der Waals surface area contributed by atoms with E-state index in [0.717, 1.165) is 4.90 Å². The Kier molecular flexibility index (Phi) is 5.98. The third-order valence-corrected chi connectivity index (χ3v) is 2.64. The molecule has 0 unspecified atom stereocenters. The highest BCUT2D eigenvalue weighted by molar-refractivity contribution is 6.30. The number of hydrogen-bond acceptors (Lipinski definition) is 3. The number of rotatable bonds is 6. The zero-order valence-electron chi connectivity index (χ0n) is 10.3. The summed E-state index contributed by atoms with van der Waals surface area (Å²) in [6.07, 6.45) is -2.67. The fraction of sp³-hybridized carbons (Fsp3) is 0.417. The Labute approximate surface area is 114 Å². The Morgan fingerprint density at radius 3 is 2.74 bits per heavy atom. The molecule has 0 fully saturated rings. The monoisotopic (exact) mass is 293 g/mol. The third-order valence-electron chi connectivity index (χ3n) is 2.41. The number of amides is 1. The summed E-state index contributed by atoms with van der Waals surface area (Å²) in [6, 6.07) is 4.30. The summed E-state index contributed by atoms with van der Waals surface area (Å²) < 4.78 is 29.8. The van der Waals surface area contributed by atoms with Gasteiger partial charge in [0.1, 0.15) is 5.75 Å². The lowest BCUT2D eigenvalue weighted by molar-refractivity contribution is 0.0506. The number of ether oxygens (including phenoxy) is 1. The van der Waals surface area contributed by atoms with Crippen LogP contribution < -0.4 is 4.74 Å². The minimum Gasteiger partial charge on any atom is -0.496 e. The molecule has 0 spiro atoms. The molecule has 0 radical (unpaired) electrons. The molecule has 0 aliphatic rings. The first kappa shape index (κ1) is 15.7. The van der Waals surface area contributed by atoms with Crippen molar-refractivity contribution >= 4 is 17.5 Å². The van der Waals surface area contributed by atoms with Gasteiger partial charge in [0.15, 0.2) is 0 Å². The van der Waals surface area contributed by atoms with E-state index in [1.165, 1.54) is 25.3 Å². The predicted octanol–water partition coefficient (Wildman–Crippen LogP) is 2.05. The summed E-state index contributed by atoms with van der Waals surface area (Å²) in [6.45, 7) is -1.31. The Bertz CT molecular complexity index is 443. The maximum absolute atomic E-state index is 12.4. The van der Waals surface area contributed by atoms with Crippen LogP contribution in [0.2, 0.25) is 5.02 Å². The van der Waals surface area contributed by atoms with Crippen molar-refractivity contribution in [1.82, 2.24) is 4.90 Å². The average Bonchev–Trinajstić information content (AvgIpc) is 2.36. The quantitative estimate of drug-likeness (QED) is 0.873. The van der Waals surface area contributed by atoms with Gasteiger partial charge in [-0.25, -0.2) is 8.78 Å². The van der Waals surface area contributed by atoms with Crippen LogP contribution in [-0.4, -0.2) is 49.1 Å². The molecule has 0 aliphatic carbocycles. The van der Waals surface area contributed by atoms with Gasteiger partial charge in [-0.2, -0.15) is 0 Å². The lowest BCUT2D eigenvalue weighted by Gasteiger charge is -2.22. The number of methoxy groups -OCH3 is 1. The number of hydrogen-bond donors (Lipinski definition) is 1. The Hall–Kier alpha value is -1.40. The number of carbonyl (C=O) groups excluding carboxylic acids is 1. The molecule has 0 aromatic heterocycles. The second kappa shape index (κ2) is 7.25. The van der Waals surface area contributed by atoms with Gasteiger partial charge in [-0.3, -0.25) is 4.79 Å². The lowest BCUT2D eigenvalue weighted by Crippen LogP contribution is -2.37. The van der Waals surface area contributed by atoms with Crippen LogP contribution >= 0.6 is 11.6 Å². The number of carbonyl (C=O) groups is 1. The van der Waals surface area contributed by atoms with Crippen molar-refractivity contribution in [2.45, 2.75) is 6.43 Å². The standard InChI is InChI=1S/C12H14ClF2NO3/c1-19-10-6-8(13)2-3-9(10)12(18)16(4-5-17)7-11(14)15/h2-3,6,11,17H,4-5,7H2,1H3. The molecule has 4 nitrogen and oxygen atoms in total. The first-order valence-corrected chi connectivity index (χ1v) is 5.89. The first-order valence-electron chi connectivity index (χ1n) is 5.51. The molecule has 0 aliphatic heterocycles. The summed E-state index contributed by atoms with van der Waals surface area (Å²) in [5, 5.41) is 9.20. The van der Waals surface area contributed by atoms with Crippen LogP contribution in [0.5, 0.6) is 5.75 Å². The topological polar surface area (TPSA) is 49.8 Å². The summed E-state index contributed by atoms with van der Waals surface area (Å²) in [5.74, 6) is -0.433. The molecule has 1 N–H and O–H groups in total. The number of nitrogens with zero attached hydrogens (tertiary/aromatic N) is 1. The number of alkyl halides is 2. The van der Waals surface area contributed by atoms with Crippen molar-refractivity contribution in [2.75, 3.05) is 26.8 Å². The van der Waals surface area contributed by atoms with Crippen LogP contribution in [0.3, 0.4) is 0 Å². The number of halogens is 3. The van der Waals surface area contributed by atoms with Crippen molar-refractivity contribution in [1.29, 1.82) is 0 Å². The normalized spacial score (nSPS) is 10.6. The van der Waals surface area contributed by atoms with Crippen LogP contribution in [-0.2, 0) is 0 Å². The van der Waals surface area contributed by atoms with Gasteiger partial charge in [0, 0.05) is 11.6 Å². The highest BCUT2D eigenvalue weighted by Gasteiger charge is 2.22. The minimum atomic E-state index is -2.67. The fourth-order valence-corrected chi connectivity index (χ4v) is 1.74. The molecule has 0 saturated carbocycles. The molecule has 1 aromatic carbocycles. The van der Waals surface area contributed by atoms with Crippen molar-refractivity contribution in [2.24, 2.45) is 0 Å². The summed E-state index contributed by atoms with van der Waals surface area (Å²) >= 11 is 5.76. The van der Waals surface area contributed by atoms with Gasteiger partial charge in [-0.1, -0.05) is 11.6 Å². The fourth-order valence-electron chi connectivity index (χ4n) is 1.58. The van der Waals surface area contributed by atoms with E-state index in [-0.39, 0.29) is 17.9 Å². The zero-order chi connectivity index (χ0) is 14.4. The molecular formula is C12H14ClF2NO3. The Morgan fingerprint density at radius 2 is 2.21 bits per heavy atom. The second-order valence-corrected chi connectivity index (χ2v) is 4.15. The van der Waals surface area contributed by atoms with E-state index in [1.807, 2.05) is 0 Å². The predicted molar refractivity (Wildman–Crippen MR) is 67.0 cm³/mol. The largest absolute Gasteiger partial charge is 0.496 e. The smallest absolute Gasteiger partial charge is 0.257 e. The van der Waals surface area contributed by atoms with Crippen molar-refractivity contribution < 1.29 is 23.4 Å². The highest BCUT2D eigenvalue weighted by Crippen LogP contribution is 2.24. The number of benzene rings is 1. The van der Waals surface area contributed by atoms with Gasteiger partial charge in [0.25, 0.3) is 12.3 Å². The lowest BCUT2D eigenvalue weighted by atomic mass is 10.1. The van der Waals surface area contributed by atoms with E-state index < -0.39 is 25.5 Å². The molecular weight excluding hydrogens is 280 g/mol. The molecule has 0 bridgehead atoms. The van der Waals surface area contributed by atoms with E-state index in [0.29, 0.717) is 5.02 Å². The van der Waals surface area contributed by atoms with Crippen LogP contribution in [0.15, 0.2) is 18.2 Å². The van der Waals surface area contributed by atoms with Gasteiger partial charge < -0.3 is 14.7 Å². The third kappa shape index (κ3) is 4.33. The average molecular weight is 294 g/mol. The van der Waals surface area contributed by atoms with E-state index in [2.05, 4.69) is 0 Å². The van der Waals surface area contributed by atoms with E-state index in [9.17, 15) is 13.6 Å². The summed E-state index contributed by atoms with van der Waals surface area (Å²) in [4.78, 5) is 13.0.